The van der Waals surface area contributed by atoms with E-state index < -0.39 is 35.0 Å². The minimum Gasteiger partial charge on any atom is -0.480 e. The number of aliphatic carboxylic acids is 1. The number of rotatable bonds is 6. The quantitative estimate of drug-likeness (QED) is 0.725. The van der Waals surface area contributed by atoms with Gasteiger partial charge in [-0.3, -0.25) is 4.79 Å². The third-order valence-corrected chi connectivity index (χ3v) is 3.91. The lowest BCUT2D eigenvalue weighted by Crippen LogP contribution is -2.46. The summed E-state index contributed by atoms with van der Waals surface area (Å²) in [4.78, 5) is 11.0. The van der Waals surface area contributed by atoms with E-state index in [4.69, 9.17) is 10.8 Å². The Morgan fingerprint density at radius 3 is 2.16 bits per heavy atom. The number of aryl methyl sites for hydroxylation is 1. The second kappa shape index (κ2) is 7.23. The highest BCUT2D eigenvalue weighted by atomic mass is 19.4. The monoisotopic (exact) mass is 371 g/mol. The highest BCUT2D eigenvalue weighted by molar-refractivity contribution is 5.77. The van der Waals surface area contributed by atoms with Gasteiger partial charge in [0, 0.05) is 0 Å². The van der Waals surface area contributed by atoms with Gasteiger partial charge < -0.3 is 10.8 Å². The molecule has 142 valence electrons. The minimum absolute atomic E-state index is 0.0321. The number of alkyl halides is 6. The van der Waals surface area contributed by atoms with Gasteiger partial charge in [0.05, 0.1) is 11.1 Å². The molecule has 0 fully saturated rings. The molecule has 0 aromatic heterocycles. The van der Waals surface area contributed by atoms with Crippen LogP contribution in [0.25, 0.3) is 0 Å². The van der Waals surface area contributed by atoms with Crippen molar-refractivity contribution < 1.29 is 36.2 Å². The zero-order valence-electron chi connectivity index (χ0n) is 13.6. The van der Waals surface area contributed by atoms with E-state index in [-0.39, 0.29) is 36.8 Å². The lowest BCUT2D eigenvalue weighted by molar-refractivity contribution is -0.144. The van der Waals surface area contributed by atoms with E-state index in [2.05, 4.69) is 0 Å². The topological polar surface area (TPSA) is 63.3 Å². The van der Waals surface area contributed by atoms with E-state index >= 15 is 0 Å². The van der Waals surface area contributed by atoms with E-state index in [0.717, 1.165) is 6.07 Å². The number of hydrogen-bond donors (Lipinski definition) is 2. The molecule has 3 N–H and O–H groups in total. The molecule has 0 heterocycles. The first-order valence-electron chi connectivity index (χ1n) is 7.44. The van der Waals surface area contributed by atoms with Crippen LogP contribution in [0.15, 0.2) is 18.2 Å². The standard InChI is InChI=1S/C16H19F6NO2/c1-9(8-14(2,23)13(24)25)3-4-10-5-6-11(15(17,18)19)7-12(10)16(20,21)22/h5-7,9H,3-4,8,23H2,1-2H3,(H,24,25). The van der Waals surface area contributed by atoms with Crippen LogP contribution in [-0.2, 0) is 23.6 Å². The van der Waals surface area contributed by atoms with E-state index in [1.807, 2.05) is 0 Å². The molecule has 2 unspecified atom stereocenters. The van der Waals surface area contributed by atoms with E-state index in [0.29, 0.717) is 6.07 Å². The van der Waals surface area contributed by atoms with Crippen molar-refractivity contribution in [1.29, 1.82) is 0 Å². The Balaban J connectivity index is 2.97. The highest BCUT2D eigenvalue weighted by Crippen LogP contribution is 2.38. The van der Waals surface area contributed by atoms with Crippen LogP contribution in [0.2, 0.25) is 0 Å². The molecule has 3 nitrogen and oxygen atoms in total. The van der Waals surface area contributed by atoms with Crippen LogP contribution in [0, 0.1) is 5.92 Å². The molecule has 0 saturated heterocycles. The number of halogens is 6. The molecule has 1 aromatic carbocycles. The van der Waals surface area contributed by atoms with Crippen molar-refractivity contribution in [2.45, 2.75) is 51.0 Å². The normalized spacial score (nSPS) is 16.4. The van der Waals surface area contributed by atoms with Crippen molar-refractivity contribution in [3.63, 3.8) is 0 Å². The molecule has 0 amide bonds. The van der Waals surface area contributed by atoms with Gasteiger partial charge in [0.2, 0.25) is 0 Å². The molecule has 0 aliphatic carbocycles. The first kappa shape index (κ1) is 21.3. The largest absolute Gasteiger partial charge is 0.480 e. The molecular formula is C16H19F6NO2. The van der Waals surface area contributed by atoms with Crippen molar-refractivity contribution >= 4 is 5.97 Å². The molecule has 0 spiro atoms. The molecule has 25 heavy (non-hydrogen) atoms. The molecule has 0 bridgehead atoms. The van der Waals surface area contributed by atoms with Crippen molar-refractivity contribution in [2.75, 3.05) is 0 Å². The van der Waals surface area contributed by atoms with Gasteiger partial charge >= 0.3 is 18.3 Å². The molecule has 1 rings (SSSR count). The molecule has 0 aliphatic rings. The van der Waals surface area contributed by atoms with Crippen LogP contribution in [0.5, 0.6) is 0 Å². The van der Waals surface area contributed by atoms with Gasteiger partial charge in [-0.05, 0) is 49.8 Å². The number of nitrogens with two attached hydrogens (primary N) is 1. The summed E-state index contributed by atoms with van der Waals surface area (Å²) in [6.07, 6.45) is -9.72. The van der Waals surface area contributed by atoms with Crippen LogP contribution in [0.1, 0.15) is 43.4 Å². The maximum atomic E-state index is 13.1. The summed E-state index contributed by atoms with van der Waals surface area (Å²) in [6.45, 7) is 2.93. The Labute approximate surface area is 140 Å². The lowest BCUT2D eigenvalue weighted by atomic mass is 9.86. The van der Waals surface area contributed by atoms with Crippen molar-refractivity contribution in [1.82, 2.24) is 0 Å². The van der Waals surface area contributed by atoms with Gasteiger partial charge in [0.15, 0.2) is 0 Å². The Morgan fingerprint density at radius 2 is 1.72 bits per heavy atom. The molecule has 0 aliphatic heterocycles. The average Bonchev–Trinajstić information content (AvgIpc) is 2.42. The van der Waals surface area contributed by atoms with Gasteiger partial charge in [0.25, 0.3) is 0 Å². The first-order chi connectivity index (χ1) is 11.1. The Hall–Kier alpha value is -1.77. The fourth-order valence-corrected chi connectivity index (χ4v) is 2.55. The summed E-state index contributed by atoms with van der Waals surface area (Å²) in [5.41, 5.74) is 1.11. The molecule has 1 aromatic rings. The van der Waals surface area contributed by atoms with Crippen LogP contribution in [0.4, 0.5) is 26.3 Å². The predicted molar refractivity (Wildman–Crippen MR) is 78.8 cm³/mol. The minimum atomic E-state index is -4.91. The Bertz CT molecular complexity index is 622. The maximum Gasteiger partial charge on any atom is 0.416 e. The summed E-state index contributed by atoms with van der Waals surface area (Å²) in [5.74, 6) is -1.56. The first-order valence-corrected chi connectivity index (χ1v) is 7.44. The number of carboxylic acids is 1. The summed E-state index contributed by atoms with van der Waals surface area (Å²) < 4.78 is 77.0. The maximum absolute atomic E-state index is 13.1. The summed E-state index contributed by atoms with van der Waals surface area (Å²) in [6, 6.07) is 1.53. The van der Waals surface area contributed by atoms with E-state index in [1.165, 1.54) is 6.92 Å². The average molecular weight is 371 g/mol. The fourth-order valence-electron chi connectivity index (χ4n) is 2.55. The Kier molecular flexibility index (Phi) is 6.15. The van der Waals surface area contributed by atoms with Crippen molar-refractivity contribution in [2.24, 2.45) is 11.7 Å². The van der Waals surface area contributed by atoms with Gasteiger partial charge in [-0.15, -0.1) is 0 Å². The third-order valence-electron chi connectivity index (χ3n) is 3.91. The predicted octanol–water partition coefficient (Wildman–Crippen LogP) is 4.49. The lowest BCUT2D eigenvalue weighted by Gasteiger charge is -2.24. The van der Waals surface area contributed by atoms with E-state index in [9.17, 15) is 31.1 Å². The Morgan fingerprint density at radius 1 is 1.16 bits per heavy atom. The van der Waals surface area contributed by atoms with Crippen LogP contribution >= 0.6 is 0 Å². The second-order valence-electron chi connectivity index (χ2n) is 6.44. The smallest absolute Gasteiger partial charge is 0.416 e. The number of benzene rings is 1. The molecule has 0 saturated carbocycles. The van der Waals surface area contributed by atoms with E-state index in [1.54, 1.807) is 6.92 Å². The zero-order chi connectivity index (χ0) is 19.6. The van der Waals surface area contributed by atoms with Gasteiger partial charge in [-0.25, -0.2) is 0 Å². The fraction of sp³-hybridized carbons (Fsp3) is 0.562. The summed E-state index contributed by atoms with van der Waals surface area (Å²) >= 11 is 0. The summed E-state index contributed by atoms with van der Waals surface area (Å²) in [5, 5.41) is 8.95. The SMILES string of the molecule is CC(CCc1ccc(C(F)(F)F)cc1C(F)(F)F)CC(C)(N)C(=O)O. The van der Waals surface area contributed by atoms with Gasteiger partial charge in [-0.1, -0.05) is 13.0 Å². The number of carboxylic acid groups (broad SMARTS) is 1. The van der Waals surface area contributed by atoms with Crippen LogP contribution in [0.3, 0.4) is 0 Å². The number of carbonyl (C=O) groups is 1. The van der Waals surface area contributed by atoms with Crippen LogP contribution in [-0.4, -0.2) is 16.6 Å². The molecule has 0 radical (unpaired) electrons. The third kappa shape index (κ3) is 5.91. The van der Waals surface area contributed by atoms with Crippen LogP contribution < -0.4 is 5.73 Å². The molecular weight excluding hydrogens is 352 g/mol. The van der Waals surface area contributed by atoms with Crippen molar-refractivity contribution in [3.8, 4) is 0 Å². The van der Waals surface area contributed by atoms with Gasteiger partial charge in [-0.2, -0.15) is 26.3 Å². The van der Waals surface area contributed by atoms with Gasteiger partial charge in [0.1, 0.15) is 5.54 Å². The highest BCUT2D eigenvalue weighted by Gasteiger charge is 2.38. The zero-order valence-corrected chi connectivity index (χ0v) is 13.6. The van der Waals surface area contributed by atoms with Crippen molar-refractivity contribution in [3.05, 3.63) is 34.9 Å². The number of hydrogen-bond acceptors (Lipinski definition) is 2. The molecule has 9 heteroatoms. The second-order valence-corrected chi connectivity index (χ2v) is 6.44. The molecule has 2 atom stereocenters. The summed E-state index contributed by atoms with van der Waals surface area (Å²) in [7, 11) is 0.